The predicted molar refractivity (Wildman–Crippen MR) is 138 cm³/mol. The Morgan fingerprint density at radius 3 is 2.53 bits per heavy atom. The van der Waals surface area contributed by atoms with Crippen molar-refractivity contribution in [2.75, 3.05) is 12.4 Å². The van der Waals surface area contributed by atoms with Crippen LogP contribution in [0.4, 0.5) is 8.78 Å². The Morgan fingerprint density at radius 1 is 1.14 bits per heavy atom. The third-order valence-electron chi connectivity index (χ3n) is 6.20. The first-order valence-electron chi connectivity index (χ1n) is 11.4. The number of fused-ring (bicyclic) bond motifs is 1. The van der Waals surface area contributed by atoms with Crippen molar-refractivity contribution in [3.8, 4) is 16.9 Å². The molecule has 10 heteroatoms. The van der Waals surface area contributed by atoms with Crippen LogP contribution in [0.2, 0.25) is 10.0 Å². The van der Waals surface area contributed by atoms with E-state index in [1.54, 1.807) is 24.3 Å². The van der Waals surface area contributed by atoms with Crippen molar-refractivity contribution in [1.29, 1.82) is 0 Å². The van der Waals surface area contributed by atoms with Crippen molar-refractivity contribution in [3.63, 3.8) is 0 Å². The second-order valence-corrected chi connectivity index (χ2v) is 11.0. The largest absolute Gasteiger partial charge is 0.434 e. The molecule has 1 saturated carbocycles. The monoisotopic (exact) mass is 550 g/mol. The number of halogens is 4. The summed E-state index contributed by atoms with van der Waals surface area (Å²) in [5, 5.41) is 10.6. The fourth-order valence-corrected chi connectivity index (χ4v) is 6.28. The first kappa shape index (κ1) is 25.1. The average molecular weight is 551 g/mol. The lowest BCUT2D eigenvalue weighted by atomic mass is 9.99. The van der Waals surface area contributed by atoms with E-state index in [4.69, 9.17) is 23.2 Å². The molecule has 0 radical (unpaired) electrons. The van der Waals surface area contributed by atoms with Crippen molar-refractivity contribution < 1.29 is 22.8 Å². The zero-order valence-corrected chi connectivity index (χ0v) is 21.2. The Kier molecular flexibility index (Phi) is 7.30. The van der Waals surface area contributed by atoms with Gasteiger partial charge in [-0.3, -0.25) is 4.21 Å². The number of nitrogens with one attached hydrogen (secondary N) is 1. The molecule has 0 amide bonds. The van der Waals surface area contributed by atoms with E-state index in [1.165, 1.54) is 6.07 Å². The predicted octanol–water partition coefficient (Wildman–Crippen LogP) is 6.78. The van der Waals surface area contributed by atoms with Crippen LogP contribution in [0, 0.1) is 5.92 Å². The molecule has 36 heavy (non-hydrogen) atoms. The van der Waals surface area contributed by atoms with Crippen molar-refractivity contribution in [1.82, 2.24) is 9.97 Å². The number of aliphatic hydroxyl groups excluding tert-OH is 1. The summed E-state index contributed by atoms with van der Waals surface area (Å²) in [7, 11) is -1.04. The number of aromatic amines is 1. The molecule has 1 aliphatic carbocycles. The number of aliphatic hydroxyl groups is 1. The third-order valence-corrected chi connectivity index (χ3v) is 8.44. The van der Waals surface area contributed by atoms with E-state index in [2.05, 4.69) is 14.7 Å². The van der Waals surface area contributed by atoms with Crippen molar-refractivity contribution >= 4 is 45.0 Å². The number of nitrogens with zero attached hydrogens (tertiary/aromatic N) is 1. The number of benzene rings is 3. The number of hydrogen-bond acceptors (Lipinski definition) is 4. The number of para-hydroxylation sites is 1. The Morgan fingerprint density at radius 2 is 1.86 bits per heavy atom. The second-order valence-electron chi connectivity index (χ2n) is 8.70. The molecule has 1 heterocycles. The molecule has 1 aliphatic rings. The van der Waals surface area contributed by atoms with Crippen molar-refractivity contribution in [2.45, 2.75) is 30.3 Å². The highest BCUT2D eigenvalue weighted by Crippen LogP contribution is 2.44. The molecule has 3 aromatic carbocycles. The second kappa shape index (κ2) is 10.5. The van der Waals surface area contributed by atoms with Gasteiger partial charge in [0.25, 0.3) is 0 Å². The SMILES string of the molecule is O=S(CC1CC1)c1ccc(C(CO)c2nc3c(Cl)c(-c4ccccc4OC(F)F)c(Cl)cc3[nH]2)cc1. The highest BCUT2D eigenvalue weighted by atomic mass is 35.5. The van der Waals surface area contributed by atoms with E-state index in [-0.39, 0.29) is 22.4 Å². The maximum absolute atomic E-state index is 12.9. The minimum absolute atomic E-state index is 0.0567. The van der Waals surface area contributed by atoms with E-state index in [0.29, 0.717) is 39.7 Å². The smallest absolute Gasteiger partial charge is 0.387 e. The molecule has 5 rings (SSSR count). The van der Waals surface area contributed by atoms with E-state index in [1.807, 2.05) is 24.3 Å². The number of hydrogen-bond donors (Lipinski definition) is 2. The lowest BCUT2D eigenvalue weighted by Crippen LogP contribution is -2.08. The van der Waals surface area contributed by atoms with Crippen LogP contribution in [0.1, 0.15) is 30.1 Å². The van der Waals surface area contributed by atoms with Gasteiger partial charge < -0.3 is 14.8 Å². The lowest BCUT2D eigenvalue weighted by molar-refractivity contribution is -0.0494. The van der Waals surface area contributed by atoms with Gasteiger partial charge in [-0.1, -0.05) is 53.5 Å². The maximum atomic E-state index is 12.9. The lowest BCUT2D eigenvalue weighted by Gasteiger charge is -2.13. The fourth-order valence-electron chi connectivity index (χ4n) is 4.18. The Labute approximate surface area is 218 Å². The van der Waals surface area contributed by atoms with Gasteiger partial charge in [0.1, 0.15) is 17.1 Å². The van der Waals surface area contributed by atoms with Gasteiger partial charge in [0.05, 0.1) is 38.9 Å². The van der Waals surface area contributed by atoms with E-state index >= 15 is 0 Å². The first-order valence-corrected chi connectivity index (χ1v) is 13.4. The molecule has 2 unspecified atom stereocenters. The van der Waals surface area contributed by atoms with Gasteiger partial charge in [0.2, 0.25) is 0 Å². The van der Waals surface area contributed by atoms with Crippen molar-refractivity contribution in [2.24, 2.45) is 5.92 Å². The van der Waals surface area contributed by atoms with Gasteiger partial charge in [-0.25, -0.2) is 4.98 Å². The van der Waals surface area contributed by atoms with E-state index < -0.39 is 23.3 Å². The highest BCUT2D eigenvalue weighted by molar-refractivity contribution is 7.85. The zero-order valence-electron chi connectivity index (χ0n) is 18.9. The summed E-state index contributed by atoms with van der Waals surface area (Å²) in [5.74, 6) is 1.16. The number of aromatic nitrogens is 2. The van der Waals surface area contributed by atoms with Gasteiger partial charge in [0, 0.05) is 21.8 Å². The topological polar surface area (TPSA) is 75.2 Å². The Bertz CT molecular complexity index is 1420. The molecular formula is C26H22Cl2F2N2O3S. The summed E-state index contributed by atoms with van der Waals surface area (Å²) in [6.07, 6.45) is 2.28. The van der Waals surface area contributed by atoms with Crippen LogP contribution >= 0.6 is 23.2 Å². The van der Waals surface area contributed by atoms with Gasteiger partial charge in [0.15, 0.2) is 0 Å². The number of ether oxygens (including phenoxy) is 1. The number of rotatable bonds is 9. The summed E-state index contributed by atoms with van der Waals surface area (Å²) < 4.78 is 43.0. The summed E-state index contributed by atoms with van der Waals surface area (Å²) in [5.41, 5.74) is 2.35. The van der Waals surface area contributed by atoms with Crippen LogP contribution in [0.5, 0.6) is 5.75 Å². The highest BCUT2D eigenvalue weighted by Gasteiger charge is 2.25. The third kappa shape index (κ3) is 5.13. The molecule has 4 aromatic rings. The minimum Gasteiger partial charge on any atom is -0.434 e. The molecule has 5 nitrogen and oxygen atoms in total. The molecule has 0 aliphatic heterocycles. The van der Waals surface area contributed by atoms with Gasteiger partial charge in [-0.15, -0.1) is 0 Å². The van der Waals surface area contributed by atoms with Crippen LogP contribution in [0.25, 0.3) is 22.2 Å². The number of H-pyrrole nitrogens is 1. The summed E-state index contributed by atoms with van der Waals surface area (Å²) in [6.45, 7) is -3.24. The molecule has 0 saturated heterocycles. The number of alkyl halides is 2. The van der Waals surface area contributed by atoms with Gasteiger partial charge >= 0.3 is 6.61 Å². The molecule has 0 spiro atoms. The minimum atomic E-state index is -3.01. The van der Waals surface area contributed by atoms with Crippen LogP contribution < -0.4 is 4.74 Å². The van der Waals surface area contributed by atoms with Gasteiger partial charge in [-0.05, 0) is 48.6 Å². The molecular weight excluding hydrogens is 529 g/mol. The molecule has 2 N–H and O–H groups in total. The van der Waals surface area contributed by atoms with E-state index in [9.17, 15) is 18.1 Å². The molecule has 0 bridgehead atoms. The molecule has 188 valence electrons. The summed E-state index contributed by atoms with van der Waals surface area (Å²) in [6, 6.07) is 15.2. The number of imidazole rings is 1. The van der Waals surface area contributed by atoms with Crippen LogP contribution in [0.15, 0.2) is 59.5 Å². The normalized spacial score (nSPS) is 15.4. The van der Waals surface area contributed by atoms with Crippen LogP contribution in [-0.2, 0) is 10.8 Å². The maximum Gasteiger partial charge on any atom is 0.387 e. The fraction of sp³-hybridized carbons (Fsp3) is 0.269. The summed E-state index contributed by atoms with van der Waals surface area (Å²) in [4.78, 5) is 8.56. The Hall–Kier alpha value is -2.52. The quantitative estimate of drug-likeness (QED) is 0.241. The van der Waals surface area contributed by atoms with Crippen LogP contribution in [-0.4, -0.2) is 38.3 Å². The Balaban J connectivity index is 1.50. The molecule has 2 atom stereocenters. The first-order chi connectivity index (χ1) is 17.4. The van der Waals surface area contributed by atoms with Gasteiger partial charge in [-0.2, -0.15) is 8.78 Å². The average Bonchev–Trinajstić information content (AvgIpc) is 3.57. The van der Waals surface area contributed by atoms with E-state index in [0.717, 1.165) is 23.3 Å². The molecule has 1 aromatic heterocycles. The van der Waals surface area contributed by atoms with Crippen molar-refractivity contribution in [3.05, 3.63) is 76.0 Å². The molecule has 1 fully saturated rings. The van der Waals surface area contributed by atoms with Crippen LogP contribution in [0.3, 0.4) is 0 Å². The standard InChI is InChI=1S/C26H22Cl2F2N2O3S/c27-19-11-20-24(23(28)22(19)17-3-1-2-4-21(17)35-26(29)30)32-25(31-20)18(12-33)15-7-9-16(10-8-15)36(34)13-14-5-6-14/h1-4,7-11,14,18,26,33H,5-6,12-13H2,(H,31,32). The zero-order chi connectivity index (χ0) is 25.4. The summed E-state index contributed by atoms with van der Waals surface area (Å²) >= 11 is 13.2.